The molecule has 0 aromatic carbocycles. The zero-order chi connectivity index (χ0) is 14.3. The lowest BCUT2D eigenvalue weighted by molar-refractivity contribution is -0.138. The fourth-order valence-electron chi connectivity index (χ4n) is 1.34. The van der Waals surface area contributed by atoms with Crippen LogP contribution >= 0.6 is 0 Å². The summed E-state index contributed by atoms with van der Waals surface area (Å²) in [6.45, 7) is 5.00. The third kappa shape index (κ3) is 7.26. The quantitative estimate of drug-likeness (QED) is 0.716. The molecule has 7 heteroatoms. The molecule has 0 aliphatic heterocycles. The van der Waals surface area contributed by atoms with Gasteiger partial charge in [0.2, 0.25) is 0 Å². The van der Waals surface area contributed by atoms with Crippen molar-refractivity contribution in [3.05, 3.63) is 0 Å². The second-order valence-corrected chi connectivity index (χ2v) is 6.09. The van der Waals surface area contributed by atoms with Crippen molar-refractivity contribution in [2.45, 2.75) is 39.3 Å². The number of urea groups is 1. The first-order valence-corrected chi connectivity index (χ1v) is 7.55. The fourth-order valence-corrected chi connectivity index (χ4v) is 2.03. The first-order valence-electron chi connectivity index (χ1n) is 5.83. The Morgan fingerprint density at radius 3 is 2.28 bits per heavy atom. The number of carbonyl (C=O) groups excluding carboxylic acids is 1. The summed E-state index contributed by atoms with van der Waals surface area (Å²) < 4.78 is 10.9. The number of rotatable bonds is 7. The van der Waals surface area contributed by atoms with Gasteiger partial charge < -0.3 is 15.3 Å². The molecule has 0 aromatic rings. The lowest BCUT2D eigenvalue weighted by atomic mass is 10.2. The highest BCUT2D eigenvalue weighted by Crippen LogP contribution is 2.01. The van der Waals surface area contributed by atoms with Crippen molar-refractivity contribution in [2.75, 3.05) is 18.6 Å². The molecule has 2 unspecified atom stereocenters. The zero-order valence-electron chi connectivity index (χ0n) is 11.3. The average Bonchev–Trinajstić information content (AvgIpc) is 2.22. The van der Waals surface area contributed by atoms with Crippen LogP contribution in [0.1, 0.15) is 27.2 Å². The maximum Gasteiger partial charge on any atom is 0.323 e. The SMILES string of the molecule is CC(CCS(C)=O)NC(=O)N(CC(=O)O)C(C)C. The van der Waals surface area contributed by atoms with Crippen LogP contribution in [0.15, 0.2) is 0 Å². The predicted molar refractivity (Wildman–Crippen MR) is 71.0 cm³/mol. The molecule has 0 rings (SSSR count). The molecule has 0 aromatic heterocycles. The van der Waals surface area contributed by atoms with Crippen LogP contribution < -0.4 is 5.32 Å². The number of nitrogens with one attached hydrogen (secondary N) is 1. The molecular formula is C11H22N2O4S. The van der Waals surface area contributed by atoms with Crippen LogP contribution in [0.25, 0.3) is 0 Å². The third-order valence-electron chi connectivity index (χ3n) is 2.40. The normalized spacial score (nSPS) is 14.1. The van der Waals surface area contributed by atoms with Crippen LogP contribution in [0.3, 0.4) is 0 Å². The van der Waals surface area contributed by atoms with Gasteiger partial charge in [-0.2, -0.15) is 0 Å². The van der Waals surface area contributed by atoms with Crippen molar-refractivity contribution in [2.24, 2.45) is 0 Å². The van der Waals surface area contributed by atoms with Gasteiger partial charge in [-0.15, -0.1) is 0 Å². The molecule has 0 spiro atoms. The fraction of sp³-hybridized carbons (Fsp3) is 0.818. The molecule has 6 nitrogen and oxygen atoms in total. The largest absolute Gasteiger partial charge is 0.480 e. The van der Waals surface area contributed by atoms with E-state index in [4.69, 9.17) is 5.11 Å². The Morgan fingerprint density at radius 2 is 1.89 bits per heavy atom. The highest BCUT2D eigenvalue weighted by atomic mass is 32.2. The monoisotopic (exact) mass is 278 g/mol. The van der Waals surface area contributed by atoms with Crippen molar-refractivity contribution < 1.29 is 18.9 Å². The Hall–Kier alpha value is -1.11. The zero-order valence-corrected chi connectivity index (χ0v) is 12.1. The molecule has 106 valence electrons. The van der Waals surface area contributed by atoms with E-state index in [1.54, 1.807) is 20.1 Å². The van der Waals surface area contributed by atoms with E-state index in [9.17, 15) is 13.8 Å². The summed E-state index contributed by atoms with van der Waals surface area (Å²) in [7, 11) is -0.889. The highest BCUT2D eigenvalue weighted by Gasteiger charge is 2.20. The smallest absolute Gasteiger partial charge is 0.323 e. The van der Waals surface area contributed by atoms with Crippen molar-refractivity contribution in [3.8, 4) is 0 Å². The minimum absolute atomic E-state index is 0.128. The number of amides is 2. The summed E-state index contributed by atoms with van der Waals surface area (Å²) in [5.41, 5.74) is 0. The van der Waals surface area contributed by atoms with Crippen LogP contribution in [0.5, 0.6) is 0 Å². The van der Waals surface area contributed by atoms with Gasteiger partial charge in [-0.25, -0.2) is 4.79 Å². The second-order valence-electron chi connectivity index (χ2n) is 4.53. The molecule has 0 heterocycles. The second kappa shape index (κ2) is 8.07. The van der Waals surface area contributed by atoms with Gasteiger partial charge in [-0.1, -0.05) is 0 Å². The molecule has 0 saturated carbocycles. The molecule has 2 amide bonds. The predicted octanol–water partition coefficient (Wildman–Crippen LogP) is 0.648. The number of hydrogen-bond donors (Lipinski definition) is 2. The van der Waals surface area contributed by atoms with Crippen molar-refractivity contribution in [1.29, 1.82) is 0 Å². The number of carbonyl (C=O) groups is 2. The van der Waals surface area contributed by atoms with E-state index in [0.717, 1.165) is 0 Å². The Labute approximate surface area is 110 Å². The Kier molecular flexibility index (Phi) is 7.58. The molecule has 2 atom stereocenters. The van der Waals surface area contributed by atoms with E-state index in [0.29, 0.717) is 12.2 Å². The Balaban J connectivity index is 4.32. The summed E-state index contributed by atoms with van der Waals surface area (Å²) in [5.74, 6) is -0.525. The highest BCUT2D eigenvalue weighted by molar-refractivity contribution is 7.84. The van der Waals surface area contributed by atoms with Gasteiger partial charge in [0.1, 0.15) is 6.54 Å². The van der Waals surface area contributed by atoms with Crippen LogP contribution in [0.2, 0.25) is 0 Å². The minimum Gasteiger partial charge on any atom is -0.480 e. The van der Waals surface area contributed by atoms with E-state index in [-0.39, 0.29) is 18.6 Å². The van der Waals surface area contributed by atoms with Crippen LogP contribution in [0, 0.1) is 0 Å². The first kappa shape index (κ1) is 16.9. The van der Waals surface area contributed by atoms with Crippen molar-refractivity contribution >= 4 is 22.8 Å². The number of nitrogens with zero attached hydrogens (tertiary/aromatic N) is 1. The maximum absolute atomic E-state index is 11.9. The lowest BCUT2D eigenvalue weighted by Gasteiger charge is -2.27. The van der Waals surface area contributed by atoms with Gasteiger partial charge in [0.25, 0.3) is 0 Å². The lowest BCUT2D eigenvalue weighted by Crippen LogP contribution is -2.49. The molecule has 0 bridgehead atoms. The number of carboxylic acids is 1. The molecule has 0 saturated heterocycles. The van der Waals surface area contributed by atoms with Crippen molar-refractivity contribution in [3.63, 3.8) is 0 Å². The van der Waals surface area contributed by atoms with Gasteiger partial charge in [-0.3, -0.25) is 9.00 Å². The molecule has 18 heavy (non-hydrogen) atoms. The molecule has 0 radical (unpaired) electrons. The van der Waals surface area contributed by atoms with Gasteiger partial charge >= 0.3 is 12.0 Å². The summed E-state index contributed by atoms with van der Waals surface area (Å²) in [6, 6.07) is -0.716. The Morgan fingerprint density at radius 1 is 1.33 bits per heavy atom. The van der Waals surface area contributed by atoms with Crippen LogP contribution in [-0.2, 0) is 15.6 Å². The summed E-state index contributed by atoms with van der Waals surface area (Å²) in [6.07, 6.45) is 2.22. The molecular weight excluding hydrogens is 256 g/mol. The third-order valence-corrected chi connectivity index (χ3v) is 3.21. The average molecular weight is 278 g/mol. The first-order chi connectivity index (χ1) is 8.23. The summed E-state index contributed by atoms with van der Waals surface area (Å²) in [4.78, 5) is 23.8. The van der Waals surface area contributed by atoms with Gasteiger partial charge in [0.15, 0.2) is 0 Å². The van der Waals surface area contributed by atoms with E-state index >= 15 is 0 Å². The van der Waals surface area contributed by atoms with Crippen molar-refractivity contribution in [1.82, 2.24) is 10.2 Å². The Bertz CT molecular complexity index is 320. The minimum atomic E-state index is -1.04. The summed E-state index contributed by atoms with van der Waals surface area (Å²) in [5, 5.41) is 11.4. The molecule has 2 N–H and O–H groups in total. The van der Waals surface area contributed by atoms with Crippen LogP contribution in [-0.4, -0.2) is 56.9 Å². The van der Waals surface area contributed by atoms with Gasteiger partial charge in [0.05, 0.1) is 0 Å². The topological polar surface area (TPSA) is 86.7 Å². The summed E-state index contributed by atoms with van der Waals surface area (Å²) >= 11 is 0. The van der Waals surface area contributed by atoms with Gasteiger partial charge in [-0.05, 0) is 27.2 Å². The number of aliphatic carboxylic acids is 1. The standard InChI is InChI=1S/C11H22N2O4S/c1-8(2)13(7-10(14)15)11(16)12-9(3)5-6-18(4)17/h8-9H,5-7H2,1-4H3,(H,12,16)(H,14,15). The van der Waals surface area contributed by atoms with E-state index in [1.807, 2.05) is 6.92 Å². The van der Waals surface area contributed by atoms with Gasteiger partial charge in [0, 0.05) is 34.9 Å². The van der Waals surface area contributed by atoms with E-state index in [1.165, 1.54) is 4.90 Å². The van der Waals surface area contributed by atoms with E-state index < -0.39 is 22.8 Å². The van der Waals surface area contributed by atoms with Crippen LogP contribution in [0.4, 0.5) is 4.79 Å². The number of carboxylic acid groups (broad SMARTS) is 1. The number of hydrogen-bond acceptors (Lipinski definition) is 3. The molecule has 0 fully saturated rings. The maximum atomic E-state index is 11.9. The molecule has 0 aliphatic rings. The van der Waals surface area contributed by atoms with E-state index in [2.05, 4.69) is 5.32 Å². The molecule has 0 aliphatic carbocycles.